The number of rotatable bonds is 6. The third kappa shape index (κ3) is 4.04. The van der Waals surface area contributed by atoms with Gasteiger partial charge in [-0.15, -0.1) is 0 Å². The molecule has 1 aromatic carbocycles. The fraction of sp³-hybridized carbons (Fsp3) is 0.600. The number of anilines is 1. The summed E-state index contributed by atoms with van der Waals surface area (Å²) in [7, 11) is 0. The van der Waals surface area contributed by atoms with Crippen LogP contribution in [-0.4, -0.2) is 24.8 Å². The SMILES string of the molecule is FC(F)(F)CN(c1cccc(Cl)c1CNC1CC1)C1CC1. The van der Waals surface area contributed by atoms with E-state index in [1.165, 1.54) is 4.90 Å². The summed E-state index contributed by atoms with van der Waals surface area (Å²) in [5.41, 5.74) is 1.40. The molecule has 3 rings (SSSR count). The molecule has 116 valence electrons. The molecule has 0 unspecified atom stereocenters. The molecule has 2 fully saturated rings. The minimum atomic E-state index is -4.20. The van der Waals surface area contributed by atoms with E-state index in [-0.39, 0.29) is 6.04 Å². The first-order chi connectivity index (χ1) is 9.94. The maximum atomic E-state index is 12.8. The van der Waals surface area contributed by atoms with Crippen molar-refractivity contribution in [3.63, 3.8) is 0 Å². The molecular formula is C15H18ClF3N2. The van der Waals surface area contributed by atoms with Gasteiger partial charge in [-0.2, -0.15) is 13.2 Å². The molecule has 0 heterocycles. The van der Waals surface area contributed by atoms with E-state index in [1.54, 1.807) is 18.2 Å². The number of halogens is 4. The number of nitrogens with zero attached hydrogens (tertiary/aromatic N) is 1. The lowest BCUT2D eigenvalue weighted by Gasteiger charge is -2.28. The minimum absolute atomic E-state index is 0.00948. The molecule has 1 N–H and O–H groups in total. The predicted octanol–water partition coefficient (Wildman–Crippen LogP) is 4.12. The summed E-state index contributed by atoms with van der Waals surface area (Å²) in [6.07, 6.45) is -0.300. The molecule has 2 nitrogen and oxygen atoms in total. The molecule has 2 aliphatic carbocycles. The molecule has 0 radical (unpaired) electrons. The molecule has 0 spiro atoms. The Labute approximate surface area is 127 Å². The summed E-state index contributed by atoms with van der Waals surface area (Å²) in [6, 6.07) is 5.70. The van der Waals surface area contributed by atoms with Crippen molar-refractivity contribution in [3.8, 4) is 0 Å². The van der Waals surface area contributed by atoms with Crippen LogP contribution in [0, 0.1) is 0 Å². The van der Waals surface area contributed by atoms with Gasteiger partial charge in [0, 0.05) is 34.9 Å². The minimum Gasteiger partial charge on any atom is -0.359 e. The summed E-state index contributed by atoms with van der Waals surface area (Å²) in [4.78, 5) is 1.47. The third-order valence-corrected chi connectivity index (χ3v) is 4.24. The summed E-state index contributed by atoms with van der Waals surface area (Å²) in [5.74, 6) is 0. The second-order valence-electron chi connectivity index (χ2n) is 5.87. The summed E-state index contributed by atoms with van der Waals surface area (Å²) < 4.78 is 38.5. The monoisotopic (exact) mass is 318 g/mol. The summed E-state index contributed by atoms with van der Waals surface area (Å²) in [5, 5.41) is 3.87. The standard InChI is InChI=1S/C15H18ClF3N2/c16-13-2-1-3-14(12(13)8-20-10-4-5-10)21(11-6-7-11)9-15(17,18)19/h1-3,10-11,20H,4-9H2. The van der Waals surface area contributed by atoms with Gasteiger partial charge in [-0.3, -0.25) is 0 Å². The van der Waals surface area contributed by atoms with Crippen molar-refractivity contribution in [2.45, 2.75) is 50.5 Å². The van der Waals surface area contributed by atoms with E-state index >= 15 is 0 Å². The zero-order valence-corrected chi connectivity index (χ0v) is 12.3. The van der Waals surface area contributed by atoms with E-state index < -0.39 is 12.7 Å². The molecule has 2 saturated carbocycles. The molecule has 0 aliphatic heterocycles. The van der Waals surface area contributed by atoms with Crippen LogP contribution in [0.5, 0.6) is 0 Å². The van der Waals surface area contributed by atoms with Gasteiger partial charge in [0.15, 0.2) is 0 Å². The fourth-order valence-corrected chi connectivity index (χ4v) is 2.75. The first-order valence-electron chi connectivity index (χ1n) is 7.28. The van der Waals surface area contributed by atoms with Crippen molar-refractivity contribution in [2.24, 2.45) is 0 Å². The predicted molar refractivity (Wildman–Crippen MR) is 77.7 cm³/mol. The molecule has 0 aromatic heterocycles. The number of hydrogen-bond donors (Lipinski definition) is 1. The zero-order chi connectivity index (χ0) is 15.0. The lowest BCUT2D eigenvalue weighted by atomic mass is 10.1. The Balaban J connectivity index is 1.84. The van der Waals surface area contributed by atoms with Crippen molar-refractivity contribution in [1.29, 1.82) is 0 Å². The zero-order valence-electron chi connectivity index (χ0n) is 11.6. The van der Waals surface area contributed by atoms with E-state index in [4.69, 9.17) is 11.6 Å². The molecule has 0 bridgehead atoms. The van der Waals surface area contributed by atoms with Crippen LogP contribution in [0.4, 0.5) is 18.9 Å². The largest absolute Gasteiger partial charge is 0.405 e. The van der Waals surface area contributed by atoms with Gasteiger partial charge in [-0.1, -0.05) is 17.7 Å². The lowest BCUT2D eigenvalue weighted by Crippen LogP contribution is -2.37. The summed E-state index contributed by atoms with van der Waals surface area (Å²) in [6.45, 7) is -0.380. The number of benzene rings is 1. The Hall–Kier alpha value is -0.940. The Morgan fingerprint density at radius 1 is 1.19 bits per heavy atom. The molecule has 0 atom stereocenters. The smallest absolute Gasteiger partial charge is 0.359 e. The van der Waals surface area contributed by atoms with Crippen LogP contribution in [0.15, 0.2) is 18.2 Å². The first kappa shape index (κ1) is 15.0. The van der Waals surface area contributed by atoms with E-state index in [0.717, 1.165) is 31.2 Å². The quantitative estimate of drug-likeness (QED) is 0.848. The number of alkyl halides is 3. The van der Waals surface area contributed by atoms with Crippen LogP contribution in [0.3, 0.4) is 0 Å². The van der Waals surface area contributed by atoms with Gasteiger partial charge in [-0.05, 0) is 37.8 Å². The Morgan fingerprint density at radius 3 is 2.48 bits per heavy atom. The van der Waals surface area contributed by atoms with Gasteiger partial charge in [0.1, 0.15) is 6.54 Å². The van der Waals surface area contributed by atoms with Crippen LogP contribution in [-0.2, 0) is 6.54 Å². The van der Waals surface area contributed by atoms with Gasteiger partial charge >= 0.3 is 6.18 Å². The summed E-state index contributed by atoms with van der Waals surface area (Å²) >= 11 is 6.23. The molecular weight excluding hydrogens is 301 g/mol. The van der Waals surface area contributed by atoms with Crippen LogP contribution in [0.1, 0.15) is 31.2 Å². The Morgan fingerprint density at radius 2 is 1.90 bits per heavy atom. The Bertz CT molecular complexity index is 510. The highest BCUT2D eigenvalue weighted by atomic mass is 35.5. The molecule has 21 heavy (non-hydrogen) atoms. The average Bonchev–Trinajstić information content (AvgIpc) is 3.25. The average molecular weight is 319 g/mol. The van der Waals surface area contributed by atoms with Crippen molar-refractivity contribution in [3.05, 3.63) is 28.8 Å². The maximum Gasteiger partial charge on any atom is 0.405 e. The maximum absolute atomic E-state index is 12.8. The highest BCUT2D eigenvalue weighted by molar-refractivity contribution is 6.31. The van der Waals surface area contributed by atoms with Crippen LogP contribution < -0.4 is 10.2 Å². The van der Waals surface area contributed by atoms with Crippen LogP contribution in [0.25, 0.3) is 0 Å². The fourth-order valence-electron chi connectivity index (χ4n) is 2.52. The molecule has 6 heteroatoms. The van der Waals surface area contributed by atoms with Crippen LogP contribution in [0.2, 0.25) is 5.02 Å². The van der Waals surface area contributed by atoms with E-state index in [0.29, 0.717) is 23.3 Å². The molecule has 1 aromatic rings. The van der Waals surface area contributed by atoms with Crippen molar-refractivity contribution >= 4 is 17.3 Å². The first-order valence-corrected chi connectivity index (χ1v) is 7.66. The van der Waals surface area contributed by atoms with Crippen molar-refractivity contribution in [2.75, 3.05) is 11.4 Å². The Kier molecular flexibility index (Phi) is 4.06. The molecule has 2 aliphatic rings. The van der Waals surface area contributed by atoms with E-state index in [9.17, 15) is 13.2 Å². The van der Waals surface area contributed by atoms with Crippen LogP contribution >= 0.6 is 11.6 Å². The van der Waals surface area contributed by atoms with Crippen molar-refractivity contribution < 1.29 is 13.2 Å². The van der Waals surface area contributed by atoms with Gasteiger partial charge in [0.25, 0.3) is 0 Å². The van der Waals surface area contributed by atoms with Gasteiger partial charge < -0.3 is 10.2 Å². The number of nitrogens with one attached hydrogen (secondary N) is 1. The van der Waals surface area contributed by atoms with Gasteiger partial charge in [0.2, 0.25) is 0 Å². The molecule has 0 amide bonds. The second-order valence-corrected chi connectivity index (χ2v) is 6.27. The van der Waals surface area contributed by atoms with E-state index in [2.05, 4.69) is 5.32 Å². The van der Waals surface area contributed by atoms with Gasteiger partial charge in [-0.25, -0.2) is 0 Å². The van der Waals surface area contributed by atoms with Gasteiger partial charge in [0.05, 0.1) is 0 Å². The number of hydrogen-bond acceptors (Lipinski definition) is 2. The third-order valence-electron chi connectivity index (χ3n) is 3.89. The second kappa shape index (κ2) is 5.69. The van der Waals surface area contributed by atoms with Crippen molar-refractivity contribution in [1.82, 2.24) is 5.32 Å². The molecule has 0 saturated heterocycles. The van der Waals surface area contributed by atoms with E-state index in [1.807, 2.05) is 0 Å². The highest BCUT2D eigenvalue weighted by Crippen LogP contribution is 2.38. The highest BCUT2D eigenvalue weighted by Gasteiger charge is 2.39. The topological polar surface area (TPSA) is 15.3 Å². The normalized spacial score (nSPS) is 18.9. The lowest BCUT2D eigenvalue weighted by molar-refractivity contribution is -0.120.